The first-order valence-electron chi connectivity index (χ1n) is 8.42. The molecule has 1 N–H and O–H groups in total. The molecule has 136 valence electrons. The van der Waals surface area contributed by atoms with E-state index in [-0.39, 0.29) is 12.5 Å². The third kappa shape index (κ3) is 4.92. The lowest BCUT2D eigenvalue weighted by atomic mass is 10.1. The van der Waals surface area contributed by atoms with Crippen LogP contribution in [-0.4, -0.2) is 46.4 Å². The van der Waals surface area contributed by atoms with Crippen LogP contribution in [0.25, 0.3) is 0 Å². The Bertz CT molecular complexity index is 771. The maximum Gasteiger partial charge on any atom is 0.260 e. The first-order valence-corrected chi connectivity index (χ1v) is 8.80. The zero-order valence-corrected chi connectivity index (χ0v) is 15.2. The number of hydrazone groups is 1. The molecule has 0 radical (unpaired) electrons. The summed E-state index contributed by atoms with van der Waals surface area (Å²) >= 11 is 5.69. The number of hydrogen-bond donors (Lipinski definition) is 1. The molecule has 1 aromatic carbocycles. The number of anilines is 1. The second-order valence-corrected chi connectivity index (χ2v) is 6.34. The van der Waals surface area contributed by atoms with E-state index >= 15 is 0 Å². The van der Waals surface area contributed by atoms with Crippen LogP contribution in [0.2, 0.25) is 5.15 Å². The minimum Gasteiger partial charge on any atom is -0.484 e. The van der Waals surface area contributed by atoms with Crippen LogP contribution in [0.15, 0.2) is 41.5 Å². The fraction of sp³-hybridized carbons (Fsp3) is 0.333. The van der Waals surface area contributed by atoms with Crippen molar-refractivity contribution in [2.75, 3.05) is 25.1 Å². The summed E-state index contributed by atoms with van der Waals surface area (Å²) in [6.45, 7) is 3.62. The van der Waals surface area contributed by atoms with Gasteiger partial charge in [-0.2, -0.15) is 5.10 Å². The Kier molecular flexibility index (Phi) is 6.01. The molecule has 1 aliphatic rings. The molecule has 0 aliphatic carbocycles. The summed E-state index contributed by atoms with van der Waals surface area (Å²) in [6.07, 6.45) is 2.16. The smallest absolute Gasteiger partial charge is 0.260 e. The van der Waals surface area contributed by atoms with Crippen molar-refractivity contribution in [2.24, 2.45) is 5.10 Å². The highest BCUT2D eigenvalue weighted by Gasteiger charge is 2.18. The van der Waals surface area contributed by atoms with Gasteiger partial charge in [-0.1, -0.05) is 11.6 Å². The van der Waals surface area contributed by atoms with Crippen LogP contribution in [0, 0.1) is 0 Å². The van der Waals surface area contributed by atoms with Crippen molar-refractivity contribution in [1.29, 1.82) is 0 Å². The zero-order chi connectivity index (χ0) is 18.4. The maximum atomic E-state index is 12.0. The predicted octanol–water partition coefficient (Wildman–Crippen LogP) is 2.97. The SMILES string of the molecule is C/C(=N\Nc1ccc(Cl)nn1)c1ccc(OCC(=O)N2CCCC2)cc1. The van der Waals surface area contributed by atoms with Crippen molar-refractivity contribution in [3.05, 3.63) is 47.1 Å². The average Bonchev–Trinajstić information content (AvgIpc) is 3.21. The summed E-state index contributed by atoms with van der Waals surface area (Å²) in [5.74, 6) is 1.21. The molecule has 2 aromatic rings. The highest BCUT2D eigenvalue weighted by molar-refractivity contribution is 6.29. The van der Waals surface area contributed by atoms with Gasteiger partial charge in [-0.25, -0.2) is 0 Å². The second-order valence-electron chi connectivity index (χ2n) is 5.95. The molecular weight excluding hydrogens is 354 g/mol. The summed E-state index contributed by atoms with van der Waals surface area (Å²) in [5, 5.41) is 12.2. The Morgan fingerprint density at radius 3 is 2.58 bits per heavy atom. The van der Waals surface area contributed by atoms with Gasteiger partial charge in [0.05, 0.1) is 5.71 Å². The molecule has 26 heavy (non-hydrogen) atoms. The van der Waals surface area contributed by atoms with E-state index in [0.717, 1.165) is 37.2 Å². The van der Waals surface area contributed by atoms with Gasteiger partial charge in [0.1, 0.15) is 5.75 Å². The summed E-state index contributed by atoms with van der Waals surface area (Å²) in [7, 11) is 0. The molecule has 7 nitrogen and oxygen atoms in total. The number of rotatable bonds is 6. The van der Waals surface area contributed by atoms with Crippen molar-refractivity contribution in [3.63, 3.8) is 0 Å². The van der Waals surface area contributed by atoms with Gasteiger partial charge in [0.25, 0.3) is 5.91 Å². The first kappa shape index (κ1) is 18.1. The number of aromatic nitrogens is 2. The van der Waals surface area contributed by atoms with Crippen molar-refractivity contribution in [1.82, 2.24) is 15.1 Å². The number of benzene rings is 1. The van der Waals surface area contributed by atoms with E-state index in [1.807, 2.05) is 36.1 Å². The molecule has 8 heteroatoms. The highest BCUT2D eigenvalue weighted by atomic mass is 35.5. The van der Waals surface area contributed by atoms with E-state index in [4.69, 9.17) is 16.3 Å². The van der Waals surface area contributed by atoms with Gasteiger partial charge in [-0.3, -0.25) is 10.2 Å². The number of likely N-dealkylation sites (tertiary alicyclic amines) is 1. The monoisotopic (exact) mass is 373 g/mol. The predicted molar refractivity (Wildman–Crippen MR) is 101 cm³/mol. The molecule has 1 aliphatic heterocycles. The van der Waals surface area contributed by atoms with Crippen molar-refractivity contribution < 1.29 is 9.53 Å². The molecule has 0 bridgehead atoms. The van der Waals surface area contributed by atoms with Gasteiger partial charge >= 0.3 is 0 Å². The number of ether oxygens (including phenoxy) is 1. The van der Waals surface area contributed by atoms with Crippen LogP contribution in [0.1, 0.15) is 25.3 Å². The normalized spacial score (nSPS) is 14.4. The van der Waals surface area contributed by atoms with Crippen LogP contribution < -0.4 is 10.2 Å². The first-order chi connectivity index (χ1) is 12.6. The lowest BCUT2D eigenvalue weighted by molar-refractivity contribution is -0.132. The van der Waals surface area contributed by atoms with Crippen LogP contribution in [0.5, 0.6) is 5.75 Å². The maximum absolute atomic E-state index is 12.0. The molecule has 0 spiro atoms. The van der Waals surface area contributed by atoms with Gasteiger partial charge in [0.15, 0.2) is 17.6 Å². The van der Waals surface area contributed by atoms with Gasteiger partial charge in [0, 0.05) is 13.1 Å². The average molecular weight is 374 g/mol. The molecule has 0 unspecified atom stereocenters. The number of nitrogens with zero attached hydrogens (tertiary/aromatic N) is 4. The summed E-state index contributed by atoms with van der Waals surface area (Å²) < 4.78 is 5.58. The molecule has 1 amide bonds. The quantitative estimate of drug-likeness (QED) is 0.622. The zero-order valence-electron chi connectivity index (χ0n) is 14.5. The molecule has 3 rings (SSSR count). The van der Waals surface area contributed by atoms with E-state index in [9.17, 15) is 4.79 Å². The summed E-state index contributed by atoms with van der Waals surface area (Å²) in [5.41, 5.74) is 4.54. The largest absolute Gasteiger partial charge is 0.484 e. The van der Waals surface area contributed by atoms with Gasteiger partial charge in [0.2, 0.25) is 0 Å². The lowest BCUT2D eigenvalue weighted by Gasteiger charge is -2.15. The standard InChI is InChI=1S/C18H20ClN5O2/c1-13(20-22-17-9-8-16(19)21-23-17)14-4-6-15(7-5-14)26-12-18(25)24-10-2-3-11-24/h4-9H,2-3,10-12H2,1H3,(H,22,23)/b20-13+. The van der Waals surface area contributed by atoms with Crippen molar-refractivity contribution in [3.8, 4) is 5.75 Å². The van der Waals surface area contributed by atoms with Gasteiger partial charge in [-0.05, 0) is 61.7 Å². The molecule has 0 atom stereocenters. The number of amides is 1. The lowest BCUT2D eigenvalue weighted by Crippen LogP contribution is -2.32. The molecule has 0 saturated carbocycles. The van der Waals surface area contributed by atoms with Crippen LogP contribution in [-0.2, 0) is 4.79 Å². The second kappa shape index (κ2) is 8.62. The van der Waals surface area contributed by atoms with Gasteiger partial charge in [-0.15, -0.1) is 10.2 Å². The highest BCUT2D eigenvalue weighted by Crippen LogP contribution is 2.14. The third-order valence-electron chi connectivity index (χ3n) is 4.06. The minimum absolute atomic E-state index is 0.0394. The Balaban J connectivity index is 1.53. The number of halogens is 1. The Hall–Kier alpha value is -2.67. The molecular formula is C18H20ClN5O2. The molecule has 1 aromatic heterocycles. The van der Waals surface area contributed by atoms with E-state index in [2.05, 4.69) is 20.7 Å². The third-order valence-corrected chi connectivity index (χ3v) is 4.26. The fourth-order valence-corrected chi connectivity index (χ4v) is 2.68. The Morgan fingerprint density at radius 2 is 1.92 bits per heavy atom. The van der Waals surface area contributed by atoms with E-state index in [0.29, 0.717) is 16.7 Å². The fourth-order valence-electron chi connectivity index (χ4n) is 2.58. The molecule has 2 heterocycles. The van der Waals surface area contributed by atoms with Crippen LogP contribution >= 0.6 is 11.6 Å². The van der Waals surface area contributed by atoms with E-state index in [1.54, 1.807) is 12.1 Å². The van der Waals surface area contributed by atoms with Crippen molar-refractivity contribution >= 4 is 29.0 Å². The summed E-state index contributed by atoms with van der Waals surface area (Å²) in [6, 6.07) is 10.8. The van der Waals surface area contributed by atoms with Gasteiger partial charge < -0.3 is 9.64 Å². The Labute approximate surface area is 157 Å². The van der Waals surface area contributed by atoms with Crippen LogP contribution in [0.4, 0.5) is 5.82 Å². The van der Waals surface area contributed by atoms with Crippen molar-refractivity contribution in [2.45, 2.75) is 19.8 Å². The molecule has 1 fully saturated rings. The summed E-state index contributed by atoms with van der Waals surface area (Å²) in [4.78, 5) is 13.8. The topological polar surface area (TPSA) is 79.7 Å². The number of nitrogens with one attached hydrogen (secondary N) is 1. The van der Waals surface area contributed by atoms with E-state index in [1.165, 1.54) is 0 Å². The number of carbonyl (C=O) groups is 1. The Morgan fingerprint density at radius 1 is 1.19 bits per heavy atom. The minimum atomic E-state index is 0.0394. The van der Waals surface area contributed by atoms with Crippen LogP contribution in [0.3, 0.4) is 0 Å². The number of carbonyl (C=O) groups excluding carboxylic acids is 1. The molecule has 1 saturated heterocycles. The number of hydrogen-bond acceptors (Lipinski definition) is 6. The van der Waals surface area contributed by atoms with E-state index < -0.39 is 0 Å².